The van der Waals surface area contributed by atoms with Crippen LogP contribution in [0.25, 0.3) is 11.0 Å². The number of aromatic nitrogens is 3. The van der Waals surface area contributed by atoms with E-state index in [0.29, 0.717) is 34.6 Å². The SMILES string of the molecule is CN(Cc1cccc(C(F)F)c1F)c1ncnc2c1cc(C1(N)CCS(=O)C1)c(=O)n2C. The number of benzene rings is 1. The van der Waals surface area contributed by atoms with E-state index >= 15 is 0 Å². The molecular weight excluding hydrogens is 443 g/mol. The first-order valence-corrected chi connectivity index (χ1v) is 11.4. The van der Waals surface area contributed by atoms with Gasteiger partial charge in [0, 0.05) is 54.1 Å². The molecule has 2 aromatic heterocycles. The van der Waals surface area contributed by atoms with Crippen molar-refractivity contribution in [3.63, 3.8) is 0 Å². The monoisotopic (exact) mass is 465 g/mol. The highest BCUT2D eigenvalue weighted by Crippen LogP contribution is 2.32. The van der Waals surface area contributed by atoms with Crippen molar-refractivity contribution in [1.29, 1.82) is 0 Å². The first kappa shape index (κ1) is 22.4. The average Bonchev–Trinajstić information content (AvgIpc) is 3.10. The lowest BCUT2D eigenvalue weighted by Gasteiger charge is -2.25. The molecule has 3 aromatic rings. The molecule has 2 atom stereocenters. The van der Waals surface area contributed by atoms with E-state index in [-0.39, 0.29) is 23.4 Å². The molecule has 0 bridgehead atoms. The van der Waals surface area contributed by atoms with Gasteiger partial charge in [-0.05, 0) is 12.5 Å². The van der Waals surface area contributed by atoms with Crippen LogP contribution in [0.2, 0.25) is 0 Å². The highest BCUT2D eigenvalue weighted by molar-refractivity contribution is 7.85. The summed E-state index contributed by atoms with van der Waals surface area (Å²) in [5.41, 5.74) is 5.19. The summed E-state index contributed by atoms with van der Waals surface area (Å²) in [7, 11) is 2.10. The van der Waals surface area contributed by atoms with Gasteiger partial charge in [-0.1, -0.05) is 18.2 Å². The molecule has 7 nitrogen and oxygen atoms in total. The van der Waals surface area contributed by atoms with Gasteiger partial charge in [-0.25, -0.2) is 23.1 Å². The van der Waals surface area contributed by atoms with Gasteiger partial charge in [-0.3, -0.25) is 13.6 Å². The predicted molar refractivity (Wildman–Crippen MR) is 117 cm³/mol. The third-order valence-electron chi connectivity index (χ3n) is 5.83. The fraction of sp³-hybridized carbons (Fsp3) is 0.381. The fourth-order valence-corrected chi connectivity index (χ4v) is 5.69. The largest absolute Gasteiger partial charge is 0.355 e. The lowest BCUT2D eigenvalue weighted by Crippen LogP contribution is -2.43. The maximum Gasteiger partial charge on any atom is 0.266 e. The Bertz CT molecular complexity index is 1280. The van der Waals surface area contributed by atoms with E-state index in [1.807, 2.05) is 0 Å². The lowest BCUT2D eigenvalue weighted by molar-refractivity contribution is 0.146. The molecule has 1 aliphatic rings. The number of pyridine rings is 1. The van der Waals surface area contributed by atoms with Crippen LogP contribution >= 0.6 is 0 Å². The zero-order valence-corrected chi connectivity index (χ0v) is 18.3. The van der Waals surface area contributed by atoms with E-state index in [4.69, 9.17) is 5.73 Å². The average molecular weight is 466 g/mol. The van der Waals surface area contributed by atoms with Crippen LogP contribution in [0.5, 0.6) is 0 Å². The second-order valence-electron chi connectivity index (χ2n) is 8.03. The van der Waals surface area contributed by atoms with E-state index in [1.165, 1.54) is 23.0 Å². The van der Waals surface area contributed by atoms with Crippen molar-refractivity contribution < 1.29 is 17.4 Å². The molecule has 4 rings (SSSR count). The van der Waals surface area contributed by atoms with Crippen LogP contribution in [0.3, 0.4) is 0 Å². The number of fused-ring (bicyclic) bond motifs is 1. The van der Waals surface area contributed by atoms with E-state index in [9.17, 15) is 22.2 Å². The second kappa shape index (κ2) is 8.28. The fourth-order valence-electron chi connectivity index (χ4n) is 4.08. The zero-order chi connectivity index (χ0) is 23.2. The van der Waals surface area contributed by atoms with E-state index in [0.717, 1.165) is 6.07 Å². The maximum absolute atomic E-state index is 14.6. The van der Waals surface area contributed by atoms with Crippen molar-refractivity contribution in [1.82, 2.24) is 14.5 Å². The molecule has 1 saturated heterocycles. The maximum atomic E-state index is 14.6. The summed E-state index contributed by atoms with van der Waals surface area (Å²) in [6, 6.07) is 5.48. The van der Waals surface area contributed by atoms with Crippen molar-refractivity contribution in [2.24, 2.45) is 12.8 Å². The van der Waals surface area contributed by atoms with Crippen molar-refractivity contribution in [2.45, 2.75) is 24.9 Å². The lowest BCUT2D eigenvalue weighted by atomic mass is 9.91. The Balaban J connectivity index is 1.81. The van der Waals surface area contributed by atoms with Crippen molar-refractivity contribution in [2.75, 3.05) is 23.5 Å². The molecule has 0 radical (unpaired) electrons. The standard InChI is InChI=1S/C21H22F3N5O2S/c1-28(9-12-4-3-5-13(16(12)22)17(23)24)18-14-8-15(21(25)6-7-32(31)10-21)20(30)29(2)19(14)27-11-26-18/h3-5,8,11,17H,6-7,9-10,25H2,1-2H3. The zero-order valence-electron chi connectivity index (χ0n) is 17.5. The van der Waals surface area contributed by atoms with Gasteiger partial charge >= 0.3 is 0 Å². The first-order valence-electron chi connectivity index (χ1n) is 9.88. The summed E-state index contributed by atoms with van der Waals surface area (Å²) < 4.78 is 54.0. The van der Waals surface area contributed by atoms with Gasteiger partial charge in [0.25, 0.3) is 12.0 Å². The number of halogens is 3. The minimum Gasteiger partial charge on any atom is -0.355 e. The van der Waals surface area contributed by atoms with Gasteiger partial charge < -0.3 is 10.6 Å². The summed E-state index contributed by atoms with van der Waals surface area (Å²) in [4.78, 5) is 23.1. The van der Waals surface area contributed by atoms with E-state index in [1.54, 1.807) is 25.1 Å². The van der Waals surface area contributed by atoms with Crippen LogP contribution in [0.15, 0.2) is 35.4 Å². The number of anilines is 1. The van der Waals surface area contributed by atoms with Crippen LogP contribution in [0, 0.1) is 5.82 Å². The van der Waals surface area contributed by atoms with Gasteiger partial charge in [0.15, 0.2) is 0 Å². The number of nitrogens with zero attached hydrogens (tertiary/aromatic N) is 4. The Hall–Kier alpha value is -2.79. The third kappa shape index (κ3) is 3.79. The van der Waals surface area contributed by atoms with Gasteiger partial charge in [0.2, 0.25) is 0 Å². The highest BCUT2D eigenvalue weighted by Gasteiger charge is 2.38. The summed E-state index contributed by atoms with van der Waals surface area (Å²) in [5.74, 6) is 0.0138. The highest BCUT2D eigenvalue weighted by atomic mass is 32.2. The molecule has 0 amide bonds. The Morgan fingerprint density at radius 2 is 2.09 bits per heavy atom. The summed E-state index contributed by atoms with van der Waals surface area (Å²) >= 11 is 0. The predicted octanol–water partition coefficient (Wildman–Crippen LogP) is 2.35. The van der Waals surface area contributed by atoms with Crippen LogP contribution < -0.4 is 16.2 Å². The summed E-state index contributed by atoms with van der Waals surface area (Å²) in [5, 5.41) is 0.500. The van der Waals surface area contributed by atoms with Gasteiger partial charge in [0.05, 0.1) is 16.5 Å². The smallest absolute Gasteiger partial charge is 0.266 e. The Labute approximate surface area is 184 Å². The quantitative estimate of drug-likeness (QED) is 0.622. The summed E-state index contributed by atoms with van der Waals surface area (Å²) in [6.45, 7) is -0.0333. The molecule has 170 valence electrons. The molecule has 1 fully saturated rings. The van der Waals surface area contributed by atoms with Crippen molar-refractivity contribution >= 4 is 27.7 Å². The molecule has 11 heteroatoms. The number of hydrogen-bond donors (Lipinski definition) is 1. The number of aryl methyl sites for hydroxylation is 1. The molecule has 1 aliphatic heterocycles. The van der Waals surface area contributed by atoms with Gasteiger partial charge in [-0.15, -0.1) is 0 Å². The Kier molecular flexibility index (Phi) is 5.80. The van der Waals surface area contributed by atoms with Crippen LogP contribution in [0.1, 0.15) is 29.5 Å². The van der Waals surface area contributed by atoms with Crippen LogP contribution in [0.4, 0.5) is 19.0 Å². The number of rotatable bonds is 5. The normalized spacial score (nSPS) is 20.9. The molecule has 0 saturated carbocycles. The van der Waals surface area contributed by atoms with Crippen LogP contribution in [-0.4, -0.2) is 37.3 Å². The molecule has 2 N–H and O–H groups in total. The molecule has 32 heavy (non-hydrogen) atoms. The first-order chi connectivity index (χ1) is 15.1. The molecule has 0 aliphatic carbocycles. The Morgan fingerprint density at radius 1 is 1.34 bits per heavy atom. The number of alkyl halides is 2. The van der Waals surface area contributed by atoms with E-state index in [2.05, 4.69) is 9.97 Å². The van der Waals surface area contributed by atoms with Crippen molar-refractivity contribution in [3.8, 4) is 0 Å². The number of hydrogen-bond acceptors (Lipinski definition) is 6. The molecule has 2 unspecified atom stereocenters. The molecule has 1 aromatic carbocycles. The topological polar surface area (TPSA) is 94.1 Å². The molecule has 0 spiro atoms. The molecule has 3 heterocycles. The third-order valence-corrected chi connectivity index (χ3v) is 7.32. The van der Waals surface area contributed by atoms with Gasteiger partial charge in [0.1, 0.15) is 23.6 Å². The second-order valence-corrected chi connectivity index (χ2v) is 9.60. The summed E-state index contributed by atoms with van der Waals surface area (Å²) in [6.07, 6.45) is -1.23. The Morgan fingerprint density at radius 3 is 2.75 bits per heavy atom. The van der Waals surface area contributed by atoms with Crippen LogP contribution in [-0.2, 0) is 29.9 Å². The minimum absolute atomic E-state index is 0.0333. The number of nitrogens with two attached hydrogens (primary N) is 1. The van der Waals surface area contributed by atoms with E-state index < -0.39 is 34.1 Å². The minimum atomic E-state index is -2.92. The molecular formula is C21H22F3N5O2S. The van der Waals surface area contributed by atoms with Gasteiger partial charge in [-0.2, -0.15) is 0 Å². The van der Waals surface area contributed by atoms with Crippen molar-refractivity contribution in [3.05, 3.63) is 63.5 Å².